The lowest BCUT2D eigenvalue weighted by Gasteiger charge is -2.19. The van der Waals surface area contributed by atoms with Gasteiger partial charge in [-0.3, -0.25) is 0 Å². The Morgan fingerprint density at radius 2 is 1.45 bits per heavy atom. The molecule has 106 valence electrons. The molecule has 0 saturated carbocycles. The number of aryl methyl sites for hydroxylation is 2. The standard InChI is InChI=1S/C16H16BrCl2N/c1-9-4-10(2)6-12(5-9)11(3)20-16-14(18)7-13(17)8-15(16)19/h4-8,11,20H,1-3H3. The molecule has 0 fully saturated rings. The van der Waals surface area contributed by atoms with Crippen molar-refractivity contribution in [3.8, 4) is 0 Å². The van der Waals surface area contributed by atoms with Gasteiger partial charge in [-0.15, -0.1) is 0 Å². The van der Waals surface area contributed by atoms with Gasteiger partial charge in [-0.1, -0.05) is 68.5 Å². The van der Waals surface area contributed by atoms with Gasteiger partial charge in [0.25, 0.3) is 0 Å². The predicted molar refractivity (Wildman–Crippen MR) is 92.1 cm³/mol. The monoisotopic (exact) mass is 371 g/mol. The Labute approximate surface area is 138 Å². The Kier molecular flexibility index (Phi) is 5.00. The minimum absolute atomic E-state index is 0.129. The lowest BCUT2D eigenvalue weighted by atomic mass is 10.0. The van der Waals surface area contributed by atoms with Crippen molar-refractivity contribution < 1.29 is 0 Å². The largest absolute Gasteiger partial charge is 0.376 e. The molecule has 1 N–H and O–H groups in total. The molecule has 0 aromatic heterocycles. The molecule has 20 heavy (non-hydrogen) atoms. The average molecular weight is 373 g/mol. The number of anilines is 1. The van der Waals surface area contributed by atoms with Crippen molar-refractivity contribution >= 4 is 44.8 Å². The van der Waals surface area contributed by atoms with E-state index in [1.54, 1.807) is 0 Å². The minimum atomic E-state index is 0.129. The Balaban J connectivity index is 2.30. The van der Waals surface area contributed by atoms with Crippen molar-refractivity contribution in [1.82, 2.24) is 0 Å². The fourth-order valence-corrected chi connectivity index (χ4v) is 3.56. The molecule has 2 aromatic rings. The summed E-state index contributed by atoms with van der Waals surface area (Å²) in [6.45, 7) is 6.30. The Hall–Kier alpha value is -0.700. The second-order valence-electron chi connectivity index (χ2n) is 5.03. The molecule has 1 nitrogen and oxygen atoms in total. The molecule has 0 radical (unpaired) electrons. The number of rotatable bonds is 3. The zero-order valence-corrected chi connectivity index (χ0v) is 14.7. The van der Waals surface area contributed by atoms with Gasteiger partial charge in [0.05, 0.1) is 15.7 Å². The van der Waals surface area contributed by atoms with Gasteiger partial charge in [-0.25, -0.2) is 0 Å². The van der Waals surface area contributed by atoms with Gasteiger partial charge in [0.2, 0.25) is 0 Å². The first kappa shape index (κ1) is 15.7. The second kappa shape index (κ2) is 6.38. The highest BCUT2D eigenvalue weighted by molar-refractivity contribution is 9.10. The molecule has 0 saturated heterocycles. The lowest BCUT2D eigenvalue weighted by molar-refractivity contribution is 0.881. The second-order valence-corrected chi connectivity index (χ2v) is 6.76. The van der Waals surface area contributed by atoms with E-state index in [2.05, 4.69) is 60.2 Å². The van der Waals surface area contributed by atoms with Gasteiger partial charge in [-0.05, 0) is 38.5 Å². The Bertz CT molecular complexity index is 597. The highest BCUT2D eigenvalue weighted by Gasteiger charge is 2.12. The van der Waals surface area contributed by atoms with Crippen molar-refractivity contribution in [2.45, 2.75) is 26.8 Å². The van der Waals surface area contributed by atoms with Crippen molar-refractivity contribution in [1.29, 1.82) is 0 Å². The smallest absolute Gasteiger partial charge is 0.0724 e. The van der Waals surface area contributed by atoms with Crippen LogP contribution in [0.4, 0.5) is 5.69 Å². The number of hydrogen-bond donors (Lipinski definition) is 1. The summed E-state index contributed by atoms with van der Waals surface area (Å²) in [5.41, 5.74) is 4.49. The van der Waals surface area contributed by atoms with E-state index in [4.69, 9.17) is 23.2 Å². The van der Waals surface area contributed by atoms with Crippen LogP contribution in [0.5, 0.6) is 0 Å². The third-order valence-corrected chi connectivity index (χ3v) is 4.17. The molecule has 0 aliphatic carbocycles. The van der Waals surface area contributed by atoms with Gasteiger partial charge in [0.15, 0.2) is 0 Å². The van der Waals surface area contributed by atoms with Crippen molar-refractivity contribution in [3.63, 3.8) is 0 Å². The maximum absolute atomic E-state index is 6.25. The summed E-state index contributed by atoms with van der Waals surface area (Å²) in [5.74, 6) is 0. The summed E-state index contributed by atoms with van der Waals surface area (Å²) in [4.78, 5) is 0. The van der Waals surface area contributed by atoms with Crippen LogP contribution in [0.25, 0.3) is 0 Å². The fraction of sp³-hybridized carbons (Fsp3) is 0.250. The van der Waals surface area contributed by atoms with Crippen LogP contribution in [0, 0.1) is 13.8 Å². The summed E-state index contributed by atoms with van der Waals surface area (Å²) >= 11 is 15.9. The predicted octanol–water partition coefficient (Wildman–Crippen LogP) is 6.55. The van der Waals surface area contributed by atoms with Gasteiger partial charge in [0.1, 0.15) is 0 Å². The van der Waals surface area contributed by atoms with Crippen LogP contribution in [0.3, 0.4) is 0 Å². The summed E-state index contributed by atoms with van der Waals surface area (Å²) in [7, 11) is 0. The molecule has 1 atom stereocenters. The van der Waals surface area contributed by atoms with Crippen LogP contribution in [-0.2, 0) is 0 Å². The van der Waals surface area contributed by atoms with Gasteiger partial charge in [0, 0.05) is 10.5 Å². The molecule has 0 aliphatic heterocycles. The van der Waals surface area contributed by atoms with E-state index in [0.717, 1.165) is 10.2 Å². The van der Waals surface area contributed by atoms with E-state index in [0.29, 0.717) is 10.0 Å². The topological polar surface area (TPSA) is 12.0 Å². The zero-order valence-electron chi connectivity index (χ0n) is 11.6. The van der Waals surface area contributed by atoms with E-state index in [1.165, 1.54) is 16.7 Å². The highest BCUT2D eigenvalue weighted by atomic mass is 79.9. The summed E-state index contributed by atoms with van der Waals surface area (Å²) in [5, 5.41) is 4.62. The molecule has 0 spiro atoms. The van der Waals surface area contributed by atoms with E-state index in [1.807, 2.05) is 12.1 Å². The van der Waals surface area contributed by atoms with E-state index in [-0.39, 0.29) is 6.04 Å². The van der Waals surface area contributed by atoms with Crippen LogP contribution < -0.4 is 5.32 Å². The first-order chi connectivity index (χ1) is 9.36. The van der Waals surface area contributed by atoms with Crippen LogP contribution in [0.1, 0.15) is 29.7 Å². The SMILES string of the molecule is Cc1cc(C)cc(C(C)Nc2c(Cl)cc(Br)cc2Cl)c1. The first-order valence-electron chi connectivity index (χ1n) is 6.36. The quantitative estimate of drug-likeness (QED) is 0.644. The summed E-state index contributed by atoms with van der Waals surface area (Å²) < 4.78 is 0.872. The lowest BCUT2D eigenvalue weighted by Crippen LogP contribution is -2.08. The first-order valence-corrected chi connectivity index (χ1v) is 7.91. The van der Waals surface area contributed by atoms with Crippen molar-refractivity contribution in [2.24, 2.45) is 0 Å². The van der Waals surface area contributed by atoms with Gasteiger partial charge in [-0.2, -0.15) is 0 Å². The van der Waals surface area contributed by atoms with E-state index >= 15 is 0 Å². The van der Waals surface area contributed by atoms with Crippen LogP contribution in [-0.4, -0.2) is 0 Å². The molecule has 0 heterocycles. The normalized spacial score (nSPS) is 12.3. The molecule has 0 amide bonds. The van der Waals surface area contributed by atoms with Crippen LogP contribution in [0.2, 0.25) is 10.0 Å². The van der Waals surface area contributed by atoms with Crippen molar-refractivity contribution in [3.05, 3.63) is 61.5 Å². The van der Waals surface area contributed by atoms with Crippen molar-refractivity contribution in [2.75, 3.05) is 5.32 Å². The summed E-state index contributed by atoms with van der Waals surface area (Å²) in [6.07, 6.45) is 0. The highest BCUT2D eigenvalue weighted by Crippen LogP contribution is 2.36. The molecule has 0 aliphatic rings. The third kappa shape index (κ3) is 3.69. The molecular formula is C16H16BrCl2N. The molecule has 0 bridgehead atoms. The van der Waals surface area contributed by atoms with Gasteiger partial charge >= 0.3 is 0 Å². The maximum Gasteiger partial charge on any atom is 0.0724 e. The molecule has 2 aromatic carbocycles. The minimum Gasteiger partial charge on any atom is -0.376 e. The van der Waals surface area contributed by atoms with Crippen LogP contribution >= 0.6 is 39.1 Å². The van der Waals surface area contributed by atoms with E-state index < -0.39 is 0 Å². The van der Waals surface area contributed by atoms with Gasteiger partial charge < -0.3 is 5.32 Å². The molecule has 1 unspecified atom stereocenters. The Morgan fingerprint density at radius 1 is 0.950 bits per heavy atom. The fourth-order valence-electron chi connectivity index (χ4n) is 2.24. The molecule has 2 rings (SSSR count). The average Bonchev–Trinajstić information content (AvgIpc) is 2.32. The third-order valence-electron chi connectivity index (χ3n) is 3.11. The van der Waals surface area contributed by atoms with Crippen LogP contribution in [0.15, 0.2) is 34.8 Å². The Morgan fingerprint density at radius 3 is 1.95 bits per heavy atom. The number of nitrogens with one attached hydrogen (secondary N) is 1. The summed E-state index contributed by atoms with van der Waals surface area (Å²) in [6, 6.07) is 10.3. The number of hydrogen-bond acceptors (Lipinski definition) is 1. The maximum atomic E-state index is 6.25. The molecule has 4 heteroatoms. The zero-order chi connectivity index (χ0) is 14.9. The number of benzene rings is 2. The molecular weight excluding hydrogens is 357 g/mol. The van der Waals surface area contributed by atoms with E-state index in [9.17, 15) is 0 Å². The number of halogens is 3.